The van der Waals surface area contributed by atoms with Crippen molar-refractivity contribution in [3.63, 3.8) is 0 Å². The maximum Gasteiger partial charge on any atom is 0.235 e. The molecule has 0 aromatic carbocycles. The van der Waals surface area contributed by atoms with Gasteiger partial charge in [-0.25, -0.2) is 19.6 Å². The molecule has 2 aliphatic carbocycles. The van der Waals surface area contributed by atoms with Gasteiger partial charge >= 0.3 is 0 Å². The molecule has 8 unspecified atom stereocenters. The van der Waals surface area contributed by atoms with E-state index in [0.717, 1.165) is 25.7 Å². The second-order valence-electron chi connectivity index (χ2n) is 8.18. The molecule has 0 amide bonds. The summed E-state index contributed by atoms with van der Waals surface area (Å²) < 4.78 is 0. The van der Waals surface area contributed by atoms with Gasteiger partial charge in [0.2, 0.25) is 12.2 Å². The second-order valence-corrected chi connectivity index (χ2v) is 8.18. The molecule has 2 aliphatic rings. The van der Waals surface area contributed by atoms with Gasteiger partial charge in [0.25, 0.3) is 0 Å². The lowest BCUT2D eigenvalue weighted by Crippen LogP contribution is -2.37. The average Bonchev–Trinajstić information content (AvgIpc) is 2.49. The number of isocyanates is 2. The standard InChI is InChI=1S/C19H30N2O2/c1-12-7-18(20-10-22)14(3)5-16(12)9-17-6-15(4)19(21-11-23)8-13(17)2/h12-19H,5-9H2,1-4H3. The SMILES string of the molecule is CC1CC(N=C=O)C(C)CC1CC1CC(C)C(N=C=O)CC1C. The molecule has 0 spiro atoms. The molecule has 0 N–H and O–H groups in total. The fourth-order valence-corrected chi connectivity index (χ4v) is 4.89. The predicted octanol–water partition coefficient (Wildman–Crippen LogP) is 4.15. The lowest BCUT2D eigenvalue weighted by molar-refractivity contribution is 0.0985. The minimum absolute atomic E-state index is 0.160. The van der Waals surface area contributed by atoms with Crippen LogP contribution in [0.1, 0.15) is 59.8 Å². The van der Waals surface area contributed by atoms with Crippen molar-refractivity contribution in [1.82, 2.24) is 0 Å². The third-order valence-corrected chi connectivity index (χ3v) is 6.54. The van der Waals surface area contributed by atoms with Crippen LogP contribution in [0.3, 0.4) is 0 Å². The molecule has 0 aromatic heterocycles. The van der Waals surface area contributed by atoms with Gasteiger partial charge in [0.05, 0.1) is 12.1 Å². The summed E-state index contributed by atoms with van der Waals surface area (Å²) in [5, 5.41) is 0. The summed E-state index contributed by atoms with van der Waals surface area (Å²) in [5.41, 5.74) is 0. The molecule has 4 nitrogen and oxygen atoms in total. The Bertz CT molecular complexity index is 450. The third-order valence-electron chi connectivity index (χ3n) is 6.54. The minimum atomic E-state index is 0.160. The maximum absolute atomic E-state index is 10.6. The van der Waals surface area contributed by atoms with Crippen LogP contribution in [0, 0.1) is 35.5 Å². The van der Waals surface area contributed by atoms with Gasteiger partial charge in [-0.05, 0) is 67.6 Å². The Balaban J connectivity index is 1.96. The van der Waals surface area contributed by atoms with E-state index in [1.807, 2.05) is 0 Å². The Morgan fingerprint density at radius 3 is 1.43 bits per heavy atom. The molecule has 2 saturated carbocycles. The van der Waals surface area contributed by atoms with Crippen molar-refractivity contribution < 1.29 is 9.59 Å². The average molecular weight is 318 g/mol. The van der Waals surface area contributed by atoms with E-state index >= 15 is 0 Å². The molecular formula is C19H30N2O2. The van der Waals surface area contributed by atoms with E-state index in [2.05, 4.69) is 37.7 Å². The van der Waals surface area contributed by atoms with E-state index in [1.54, 1.807) is 12.2 Å². The van der Waals surface area contributed by atoms with Crippen molar-refractivity contribution >= 4 is 12.2 Å². The van der Waals surface area contributed by atoms with Crippen molar-refractivity contribution in [2.24, 2.45) is 45.5 Å². The largest absolute Gasteiger partial charge is 0.235 e. The van der Waals surface area contributed by atoms with Gasteiger partial charge < -0.3 is 0 Å². The van der Waals surface area contributed by atoms with Crippen molar-refractivity contribution in [2.45, 2.75) is 71.9 Å². The van der Waals surface area contributed by atoms with Crippen LogP contribution in [0.25, 0.3) is 0 Å². The first kappa shape index (κ1) is 18.1. The first-order valence-electron chi connectivity index (χ1n) is 9.10. The van der Waals surface area contributed by atoms with Crippen LogP contribution in [0.4, 0.5) is 0 Å². The molecule has 4 heteroatoms. The van der Waals surface area contributed by atoms with Gasteiger partial charge in [-0.2, -0.15) is 0 Å². The minimum Gasteiger partial charge on any atom is -0.211 e. The summed E-state index contributed by atoms with van der Waals surface area (Å²) in [6, 6.07) is 0.320. The van der Waals surface area contributed by atoms with E-state index in [1.165, 1.54) is 6.42 Å². The molecule has 0 heterocycles. The molecule has 0 aliphatic heterocycles. The van der Waals surface area contributed by atoms with Crippen LogP contribution in [-0.4, -0.2) is 24.2 Å². The Morgan fingerprint density at radius 1 is 0.696 bits per heavy atom. The molecule has 0 aromatic rings. The number of aliphatic imine (C=N–C) groups is 2. The van der Waals surface area contributed by atoms with Crippen LogP contribution in [0.5, 0.6) is 0 Å². The second kappa shape index (κ2) is 8.04. The van der Waals surface area contributed by atoms with Crippen molar-refractivity contribution in [2.75, 3.05) is 0 Å². The molecule has 8 atom stereocenters. The van der Waals surface area contributed by atoms with Gasteiger partial charge in [-0.3, -0.25) is 0 Å². The zero-order valence-corrected chi connectivity index (χ0v) is 14.9. The molecule has 0 saturated heterocycles. The van der Waals surface area contributed by atoms with E-state index in [9.17, 15) is 9.59 Å². The zero-order valence-electron chi connectivity index (χ0n) is 14.9. The number of carbonyl (C=O) groups excluding carboxylic acids is 2. The fraction of sp³-hybridized carbons (Fsp3) is 0.895. The highest BCUT2D eigenvalue weighted by molar-refractivity contribution is 5.34. The molecule has 23 heavy (non-hydrogen) atoms. The predicted molar refractivity (Wildman–Crippen MR) is 90.5 cm³/mol. The normalized spacial score (nSPS) is 44.0. The first-order valence-corrected chi connectivity index (χ1v) is 9.10. The van der Waals surface area contributed by atoms with Crippen molar-refractivity contribution in [1.29, 1.82) is 0 Å². The van der Waals surface area contributed by atoms with Crippen LogP contribution < -0.4 is 0 Å². The first-order chi connectivity index (χ1) is 11.0. The van der Waals surface area contributed by atoms with Crippen molar-refractivity contribution in [3.05, 3.63) is 0 Å². The Morgan fingerprint density at radius 2 is 1.09 bits per heavy atom. The van der Waals surface area contributed by atoms with E-state index in [4.69, 9.17) is 0 Å². The molecule has 0 bridgehead atoms. The molecular weight excluding hydrogens is 288 g/mol. The lowest BCUT2D eigenvalue weighted by atomic mass is 9.64. The molecule has 0 radical (unpaired) electrons. The van der Waals surface area contributed by atoms with E-state index < -0.39 is 0 Å². The highest BCUT2D eigenvalue weighted by Gasteiger charge is 2.38. The van der Waals surface area contributed by atoms with E-state index in [-0.39, 0.29) is 12.1 Å². The van der Waals surface area contributed by atoms with Gasteiger partial charge in [0.15, 0.2) is 0 Å². The van der Waals surface area contributed by atoms with Gasteiger partial charge in [-0.15, -0.1) is 0 Å². The topological polar surface area (TPSA) is 58.9 Å². The Hall–Kier alpha value is -1.24. The van der Waals surface area contributed by atoms with Crippen molar-refractivity contribution in [3.8, 4) is 0 Å². The molecule has 2 rings (SSSR count). The summed E-state index contributed by atoms with van der Waals surface area (Å²) in [6.07, 6.45) is 9.08. The zero-order chi connectivity index (χ0) is 17.0. The highest BCUT2D eigenvalue weighted by Crippen LogP contribution is 2.44. The molecule has 128 valence electrons. The van der Waals surface area contributed by atoms with Gasteiger partial charge in [0, 0.05) is 0 Å². The van der Waals surface area contributed by atoms with Gasteiger partial charge in [0.1, 0.15) is 0 Å². The summed E-state index contributed by atoms with van der Waals surface area (Å²) >= 11 is 0. The summed E-state index contributed by atoms with van der Waals surface area (Å²) in [7, 11) is 0. The summed E-state index contributed by atoms with van der Waals surface area (Å²) in [6.45, 7) is 9.04. The Kier molecular flexibility index (Phi) is 6.33. The molecule has 2 fully saturated rings. The maximum atomic E-state index is 10.6. The van der Waals surface area contributed by atoms with Crippen LogP contribution in [0.2, 0.25) is 0 Å². The summed E-state index contributed by atoms with van der Waals surface area (Å²) in [5.74, 6) is 3.61. The van der Waals surface area contributed by atoms with E-state index in [0.29, 0.717) is 35.5 Å². The summed E-state index contributed by atoms with van der Waals surface area (Å²) in [4.78, 5) is 29.1. The van der Waals surface area contributed by atoms with Crippen LogP contribution >= 0.6 is 0 Å². The van der Waals surface area contributed by atoms with Crippen LogP contribution in [-0.2, 0) is 9.59 Å². The lowest BCUT2D eigenvalue weighted by Gasteiger charge is -2.42. The quantitative estimate of drug-likeness (QED) is 0.577. The monoisotopic (exact) mass is 318 g/mol. The van der Waals surface area contributed by atoms with Gasteiger partial charge in [-0.1, -0.05) is 27.7 Å². The number of hydrogen-bond acceptors (Lipinski definition) is 4. The fourth-order valence-electron chi connectivity index (χ4n) is 4.89. The smallest absolute Gasteiger partial charge is 0.211 e. The van der Waals surface area contributed by atoms with Crippen LogP contribution in [0.15, 0.2) is 9.98 Å². The number of rotatable bonds is 4. The highest BCUT2D eigenvalue weighted by atomic mass is 16.1. The number of hydrogen-bond donors (Lipinski definition) is 0. The third kappa shape index (κ3) is 4.40. The Labute approximate surface area is 139 Å². The number of nitrogens with zero attached hydrogens (tertiary/aromatic N) is 2.